The molecule has 4 rings (SSSR count). The molecule has 1 N–H and O–H groups in total. The van der Waals surface area contributed by atoms with Gasteiger partial charge in [0.1, 0.15) is 0 Å². The van der Waals surface area contributed by atoms with E-state index in [0.717, 1.165) is 34.9 Å². The number of pyridine rings is 1. The summed E-state index contributed by atoms with van der Waals surface area (Å²) >= 11 is 0. The number of aromatic amines is 1. The lowest BCUT2D eigenvalue weighted by Gasteiger charge is -2.25. The van der Waals surface area contributed by atoms with Gasteiger partial charge in [0.15, 0.2) is 0 Å². The molecule has 1 fully saturated rings. The van der Waals surface area contributed by atoms with Gasteiger partial charge in [0.2, 0.25) is 10.0 Å². The quantitative estimate of drug-likeness (QED) is 0.578. The third-order valence-electron chi connectivity index (χ3n) is 6.30. The van der Waals surface area contributed by atoms with Crippen LogP contribution < -0.4 is 5.56 Å². The monoisotopic (exact) mass is 468 g/mol. The van der Waals surface area contributed by atoms with Crippen molar-refractivity contribution in [1.29, 1.82) is 0 Å². The maximum atomic E-state index is 13.7. The number of hydrogen-bond donors (Lipinski definition) is 1. The second-order valence-corrected chi connectivity index (χ2v) is 11.8. The Balaban J connectivity index is 1.71. The first kappa shape index (κ1) is 23.7. The molecule has 1 aromatic heterocycles. The van der Waals surface area contributed by atoms with Crippen molar-refractivity contribution in [3.8, 4) is 0 Å². The van der Waals surface area contributed by atoms with Crippen LogP contribution in [0.3, 0.4) is 0 Å². The van der Waals surface area contributed by atoms with E-state index in [1.54, 1.807) is 18.2 Å². The fourth-order valence-electron chi connectivity index (χ4n) is 4.28. The first-order chi connectivity index (χ1) is 15.6. The lowest BCUT2D eigenvalue weighted by molar-refractivity contribution is 0.0925. The molecule has 0 bridgehead atoms. The van der Waals surface area contributed by atoms with E-state index in [0.29, 0.717) is 12.2 Å². The second kappa shape index (κ2) is 9.05. The van der Waals surface area contributed by atoms with Crippen molar-refractivity contribution >= 4 is 20.9 Å². The summed E-state index contributed by atoms with van der Waals surface area (Å²) < 4.78 is 34.5. The van der Waals surface area contributed by atoms with Crippen molar-refractivity contribution in [1.82, 2.24) is 9.29 Å². The number of sulfonamides is 1. The number of aryl methyl sites for hydroxylation is 1. The third-order valence-corrected chi connectivity index (χ3v) is 8.13. The zero-order valence-corrected chi connectivity index (χ0v) is 20.5. The molecule has 1 saturated heterocycles. The first-order valence-electron chi connectivity index (χ1n) is 11.4. The maximum absolute atomic E-state index is 13.7. The average molecular weight is 469 g/mol. The van der Waals surface area contributed by atoms with Gasteiger partial charge in [0.25, 0.3) is 5.56 Å². The lowest BCUT2D eigenvalue weighted by atomic mass is 9.87. The number of nitrogens with one attached hydrogen (secondary N) is 1. The molecule has 1 aliphatic rings. The Morgan fingerprint density at radius 3 is 2.48 bits per heavy atom. The van der Waals surface area contributed by atoms with Crippen LogP contribution in [0.15, 0.2) is 58.2 Å². The van der Waals surface area contributed by atoms with Gasteiger partial charge in [-0.25, -0.2) is 8.42 Å². The van der Waals surface area contributed by atoms with Gasteiger partial charge in [-0.05, 0) is 59.9 Å². The predicted octanol–water partition coefficient (Wildman–Crippen LogP) is 4.50. The van der Waals surface area contributed by atoms with Crippen molar-refractivity contribution in [2.75, 3.05) is 13.2 Å². The van der Waals surface area contributed by atoms with Crippen LogP contribution in [-0.4, -0.2) is 37.0 Å². The van der Waals surface area contributed by atoms with Gasteiger partial charge in [0, 0.05) is 25.3 Å². The second-order valence-electron chi connectivity index (χ2n) is 9.87. The van der Waals surface area contributed by atoms with Crippen LogP contribution in [0.25, 0.3) is 10.9 Å². The number of aromatic nitrogens is 1. The number of benzene rings is 2. The van der Waals surface area contributed by atoms with Gasteiger partial charge in [0.05, 0.1) is 16.5 Å². The topological polar surface area (TPSA) is 79.5 Å². The molecule has 0 amide bonds. The molecule has 1 atom stereocenters. The zero-order chi connectivity index (χ0) is 23.8. The van der Waals surface area contributed by atoms with E-state index < -0.39 is 10.0 Å². The molecule has 0 aliphatic carbocycles. The summed E-state index contributed by atoms with van der Waals surface area (Å²) in [6.07, 6.45) is 1.55. The minimum atomic E-state index is -3.83. The fourth-order valence-corrected chi connectivity index (χ4v) is 5.72. The summed E-state index contributed by atoms with van der Waals surface area (Å²) in [5.74, 6) is 0. The van der Waals surface area contributed by atoms with Gasteiger partial charge in [-0.3, -0.25) is 4.79 Å². The van der Waals surface area contributed by atoms with Crippen molar-refractivity contribution in [2.45, 2.75) is 63.5 Å². The number of rotatable bonds is 6. The fraction of sp³-hybridized carbons (Fsp3) is 0.423. The number of hydrogen-bond acceptors (Lipinski definition) is 4. The number of nitrogens with zero attached hydrogens (tertiary/aromatic N) is 1. The number of para-hydroxylation sites is 1. The standard InChI is InChI=1S/C26H32N2O4S/c1-18-7-5-8-19-15-20(25(29)27-24(18)19)16-28(17-22-9-6-14-32-22)33(30,31)23-12-10-21(11-13-23)26(2,3)4/h5,7-8,10-13,15,22H,6,9,14,16-17H2,1-4H3,(H,27,29). The summed E-state index contributed by atoms with van der Waals surface area (Å²) in [7, 11) is -3.83. The molecule has 0 radical (unpaired) electrons. The van der Waals surface area contributed by atoms with Crippen molar-refractivity contribution in [3.05, 3.63) is 75.6 Å². The molecular weight excluding hydrogens is 436 g/mol. The Morgan fingerprint density at radius 1 is 1.12 bits per heavy atom. The molecule has 2 aromatic carbocycles. The Kier molecular flexibility index (Phi) is 6.49. The predicted molar refractivity (Wildman–Crippen MR) is 131 cm³/mol. The van der Waals surface area contributed by atoms with E-state index >= 15 is 0 Å². The normalized spacial score (nSPS) is 17.2. The van der Waals surface area contributed by atoms with Gasteiger partial charge in [-0.15, -0.1) is 0 Å². The minimum Gasteiger partial charge on any atom is -0.377 e. The van der Waals surface area contributed by atoms with E-state index in [9.17, 15) is 13.2 Å². The summed E-state index contributed by atoms with van der Waals surface area (Å²) in [6.45, 7) is 9.05. The zero-order valence-electron chi connectivity index (χ0n) is 19.7. The molecule has 33 heavy (non-hydrogen) atoms. The highest BCUT2D eigenvalue weighted by atomic mass is 32.2. The van der Waals surface area contributed by atoms with Crippen molar-refractivity contribution in [3.63, 3.8) is 0 Å². The molecule has 2 heterocycles. The summed E-state index contributed by atoms with van der Waals surface area (Å²) in [4.78, 5) is 16.0. The van der Waals surface area contributed by atoms with Crippen molar-refractivity contribution in [2.24, 2.45) is 0 Å². The van der Waals surface area contributed by atoms with Crippen LogP contribution in [0.2, 0.25) is 0 Å². The van der Waals surface area contributed by atoms with Gasteiger partial charge in [-0.1, -0.05) is 51.1 Å². The molecule has 6 nitrogen and oxygen atoms in total. The molecule has 7 heteroatoms. The van der Waals surface area contributed by atoms with Crippen molar-refractivity contribution < 1.29 is 13.2 Å². The third kappa shape index (κ3) is 5.05. The number of H-pyrrole nitrogens is 1. The summed E-state index contributed by atoms with van der Waals surface area (Å²) in [6, 6.07) is 14.6. The smallest absolute Gasteiger partial charge is 0.252 e. The first-order valence-corrected chi connectivity index (χ1v) is 12.8. The Labute approximate surface area is 195 Å². The lowest BCUT2D eigenvalue weighted by Crippen LogP contribution is -2.38. The molecule has 1 aliphatic heterocycles. The average Bonchev–Trinajstić information content (AvgIpc) is 3.27. The van der Waals surface area contributed by atoms with Crippen LogP contribution in [0, 0.1) is 6.92 Å². The Hall–Kier alpha value is -2.48. The highest BCUT2D eigenvalue weighted by Gasteiger charge is 2.30. The van der Waals surface area contributed by atoms with E-state index in [2.05, 4.69) is 25.8 Å². The highest BCUT2D eigenvalue weighted by Crippen LogP contribution is 2.26. The molecule has 176 valence electrons. The van der Waals surface area contributed by atoms with E-state index in [4.69, 9.17) is 4.74 Å². The van der Waals surface area contributed by atoms with Crippen LogP contribution in [0.4, 0.5) is 0 Å². The van der Waals surface area contributed by atoms with E-state index in [1.165, 1.54) is 4.31 Å². The van der Waals surface area contributed by atoms with Crippen LogP contribution >= 0.6 is 0 Å². The van der Waals surface area contributed by atoms with Gasteiger partial charge in [-0.2, -0.15) is 4.31 Å². The molecule has 0 spiro atoms. The summed E-state index contributed by atoms with van der Waals surface area (Å²) in [5.41, 5.74) is 2.88. The van der Waals surface area contributed by atoms with E-state index in [1.807, 2.05) is 37.3 Å². The number of ether oxygens (including phenoxy) is 1. The molecule has 3 aromatic rings. The molecule has 1 unspecified atom stereocenters. The highest BCUT2D eigenvalue weighted by molar-refractivity contribution is 7.89. The van der Waals surface area contributed by atoms with Gasteiger partial charge >= 0.3 is 0 Å². The van der Waals surface area contributed by atoms with Crippen LogP contribution in [0.5, 0.6) is 0 Å². The minimum absolute atomic E-state index is 0.0115. The summed E-state index contributed by atoms with van der Waals surface area (Å²) in [5, 5.41) is 0.883. The Bertz CT molecular complexity index is 1300. The largest absolute Gasteiger partial charge is 0.377 e. The van der Waals surface area contributed by atoms with Crippen LogP contribution in [-0.2, 0) is 26.7 Å². The van der Waals surface area contributed by atoms with Crippen LogP contribution in [0.1, 0.15) is 50.3 Å². The molecular formula is C26H32N2O4S. The maximum Gasteiger partial charge on any atom is 0.252 e. The molecule has 0 saturated carbocycles. The van der Waals surface area contributed by atoms with E-state index in [-0.39, 0.29) is 35.1 Å². The van der Waals surface area contributed by atoms with Gasteiger partial charge < -0.3 is 9.72 Å². The Morgan fingerprint density at radius 2 is 1.85 bits per heavy atom. The number of fused-ring (bicyclic) bond motifs is 1. The SMILES string of the molecule is Cc1cccc2cc(CN(CC3CCCO3)S(=O)(=O)c3ccc(C(C)(C)C)cc3)c(=O)[nH]c12.